The molecule has 130 valence electrons. The SMILES string of the molecule is CC(C)(C)[S@@](=O)N[C@H](c1ccc(Cl)c(F)c1)c1ncc(Cl)cc1F. The van der Waals surface area contributed by atoms with Crippen molar-refractivity contribution in [2.45, 2.75) is 31.6 Å². The third-order valence-electron chi connectivity index (χ3n) is 3.17. The second kappa shape index (κ2) is 7.44. The van der Waals surface area contributed by atoms with E-state index in [1.807, 2.05) is 0 Å². The van der Waals surface area contributed by atoms with Gasteiger partial charge >= 0.3 is 0 Å². The highest BCUT2D eigenvalue weighted by atomic mass is 35.5. The van der Waals surface area contributed by atoms with E-state index in [1.165, 1.54) is 18.3 Å². The molecule has 0 saturated carbocycles. The van der Waals surface area contributed by atoms with Crippen molar-refractivity contribution in [3.05, 3.63) is 63.4 Å². The lowest BCUT2D eigenvalue weighted by molar-refractivity contribution is 0.565. The van der Waals surface area contributed by atoms with Crippen LogP contribution in [0, 0.1) is 11.6 Å². The molecule has 0 amide bonds. The first-order valence-corrected chi connectivity index (χ1v) is 8.94. The molecule has 0 aliphatic carbocycles. The Labute approximate surface area is 152 Å². The molecule has 0 saturated heterocycles. The first-order valence-electron chi connectivity index (χ1n) is 7.03. The molecule has 0 spiro atoms. The maximum Gasteiger partial charge on any atom is 0.148 e. The summed E-state index contributed by atoms with van der Waals surface area (Å²) in [5, 5.41) is 0.0770. The molecule has 1 N–H and O–H groups in total. The van der Waals surface area contributed by atoms with E-state index in [1.54, 1.807) is 20.8 Å². The van der Waals surface area contributed by atoms with Crippen LogP contribution < -0.4 is 4.72 Å². The summed E-state index contributed by atoms with van der Waals surface area (Å²) >= 11 is 11.4. The Bertz CT molecular complexity index is 781. The van der Waals surface area contributed by atoms with Crippen LogP contribution in [0.2, 0.25) is 10.0 Å². The standard InChI is InChI=1S/C16H16Cl2F2N2OS/c1-16(2,3)24(23)22-14(9-4-5-11(18)12(19)6-9)15-13(20)7-10(17)8-21-15/h4-8,14,22H,1-3H3/t14-,24-/m1/s1. The molecular weight excluding hydrogens is 377 g/mol. The van der Waals surface area contributed by atoms with Crippen molar-refractivity contribution in [1.29, 1.82) is 0 Å². The highest BCUT2D eigenvalue weighted by Crippen LogP contribution is 2.28. The van der Waals surface area contributed by atoms with Crippen molar-refractivity contribution in [3.8, 4) is 0 Å². The summed E-state index contributed by atoms with van der Waals surface area (Å²) in [5.41, 5.74) is 0.321. The largest absolute Gasteiger partial charge is 0.255 e. The van der Waals surface area contributed by atoms with Gasteiger partial charge in [-0.1, -0.05) is 29.3 Å². The molecule has 24 heavy (non-hydrogen) atoms. The van der Waals surface area contributed by atoms with Gasteiger partial charge in [0.25, 0.3) is 0 Å². The molecule has 3 nitrogen and oxygen atoms in total. The van der Waals surface area contributed by atoms with Crippen molar-refractivity contribution in [3.63, 3.8) is 0 Å². The molecule has 2 atom stereocenters. The molecule has 1 aromatic heterocycles. The van der Waals surface area contributed by atoms with Gasteiger partial charge in [-0.15, -0.1) is 0 Å². The quantitative estimate of drug-likeness (QED) is 0.810. The minimum absolute atomic E-state index is 0.0290. The number of hydrogen-bond acceptors (Lipinski definition) is 2. The zero-order valence-electron chi connectivity index (χ0n) is 13.2. The Hall–Kier alpha value is -1.08. The molecule has 8 heteroatoms. The summed E-state index contributed by atoms with van der Waals surface area (Å²) in [6, 6.07) is 4.22. The van der Waals surface area contributed by atoms with Crippen LogP contribution >= 0.6 is 23.2 Å². The summed E-state index contributed by atoms with van der Waals surface area (Å²) in [6.45, 7) is 5.30. The van der Waals surface area contributed by atoms with Gasteiger partial charge < -0.3 is 0 Å². The summed E-state index contributed by atoms with van der Waals surface area (Å²) in [5.74, 6) is -1.34. The van der Waals surface area contributed by atoms with Gasteiger partial charge in [0, 0.05) is 6.20 Å². The number of nitrogens with zero attached hydrogens (tertiary/aromatic N) is 1. The van der Waals surface area contributed by atoms with E-state index in [2.05, 4.69) is 9.71 Å². The third-order valence-corrected chi connectivity index (χ3v) is 5.24. The lowest BCUT2D eigenvalue weighted by Gasteiger charge is -2.24. The molecule has 1 heterocycles. The lowest BCUT2D eigenvalue weighted by Crippen LogP contribution is -2.36. The molecule has 0 fully saturated rings. The topological polar surface area (TPSA) is 42.0 Å². The molecule has 0 aliphatic heterocycles. The molecule has 1 aromatic carbocycles. The van der Waals surface area contributed by atoms with Crippen molar-refractivity contribution in [2.75, 3.05) is 0 Å². The number of halogens is 4. The zero-order chi connectivity index (χ0) is 18.1. The fraction of sp³-hybridized carbons (Fsp3) is 0.312. The van der Waals surface area contributed by atoms with Crippen LogP contribution in [0.25, 0.3) is 0 Å². The van der Waals surface area contributed by atoms with E-state index < -0.39 is 33.4 Å². The summed E-state index contributed by atoms with van der Waals surface area (Å²) in [6.07, 6.45) is 1.28. The first kappa shape index (κ1) is 19.2. The maximum atomic E-state index is 14.3. The van der Waals surface area contributed by atoms with Gasteiger partial charge in [0.2, 0.25) is 0 Å². The maximum absolute atomic E-state index is 14.3. The van der Waals surface area contributed by atoms with E-state index >= 15 is 0 Å². The predicted molar refractivity (Wildman–Crippen MR) is 93.5 cm³/mol. The first-order chi connectivity index (χ1) is 11.1. The number of hydrogen-bond donors (Lipinski definition) is 1. The molecule has 0 bridgehead atoms. The van der Waals surface area contributed by atoms with Crippen LogP contribution in [0.15, 0.2) is 30.5 Å². The van der Waals surface area contributed by atoms with Crippen molar-refractivity contribution < 1.29 is 13.0 Å². The summed E-state index contributed by atoms with van der Waals surface area (Å²) < 4.78 is 42.8. The third kappa shape index (κ3) is 4.51. The Kier molecular flexibility index (Phi) is 5.96. The Morgan fingerprint density at radius 2 is 1.83 bits per heavy atom. The van der Waals surface area contributed by atoms with Gasteiger partial charge in [0.05, 0.1) is 37.5 Å². The number of nitrogens with one attached hydrogen (secondary N) is 1. The molecule has 2 aromatic rings. The van der Waals surface area contributed by atoms with E-state index in [0.717, 1.165) is 12.1 Å². The van der Waals surface area contributed by atoms with E-state index in [4.69, 9.17) is 23.2 Å². The van der Waals surface area contributed by atoms with Crippen LogP contribution in [0.1, 0.15) is 38.1 Å². The average Bonchev–Trinajstić information content (AvgIpc) is 2.47. The number of pyridine rings is 1. The van der Waals surface area contributed by atoms with Crippen LogP contribution in [0.5, 0.6) is 0 Å². The fourth-order valence-electron chi connectivity index (χ4n) is 1.90. The van der Waals surface area contributed by atoms with Gasteiger partial charge in [-0.2, -0.15) is 0 Å². The predicted octanol–water partition coefficient (Wildman–Crippen LogP) is 4.81. The average molecular weight is 393 g/mol. The van der Waals surface area contributed by atoms with Crippen LogP contribution in [0.3, 0.4) is 0 Å². The minimum atomic E-state index is -1.54. The van der Waals surface area contributed by atoms with Gasteiger partial charge in [-0.05, 0) is 44.5 Å². The summed E-state index contributed by atoms with van der Waals surface area (Å²) in [7, 11) is -1.54. The number of rotatable bonds is 4. The number of benzene rings is 1. The molecular formula is C16H16Cl2F2N2OS. The Balaban J connectivity index is 2.52. The van der Waals surface area contributed by atoms with E-state index in [-0.39, 0.29) is 15.7 Å². The van der Waals surface area contributed by atoms with Crippen LogP contribution in [-0.2, 0) is 11.0 Å². The molecule has 0 unspecified atom stereocenters. The molecule has 2 rings (SSSR count). The number of aromatic nitrogens is 1. The zero-order valence-corrected chi connectivity index (χ0v) is 15.6. The van der Waals surface area contributed by atoms with Gasteiger partial charge in [-0.25, -0.2) is 17.7 Å². The van der Waals surface area contributed by atoms with Crippen LogP contribution in [-0.4, -0.2) is 13.9 Å². The highest BCUT2D eigenvalue weighted by Gasteiger charge is 2.27. The Morgan fingerprint density at radius 3 is 2.38 bits per heavy atom. The lowest BCUT2D eigenvalue weighted by atomic mass is 10.0. The van der Waals surface area contributed by atoms with E-state index in [0.29, 0.717) is 5.56 Å². The second-order valence-corrected chi connectivity index (χ2v) is 8.97. The van der Waals surface area contributed by atoms with Gasteiger partial charge in [0.15, 0.2) is 0 Å². The van der Waals surface area contributed by atoms with Crippen LogP contribution in [0.4, 0.5) is 8.78 Å². The fourth-order valence-corrected chi connectivity index (χ4v) is 2.97. The molecule has 0 radical (unpaired) electrons. The molecule has 0 aliphatic rings. The smallest absolute Gasteiger partial charge is 0.148 e. The second-order valence-electron chi connectivity index (χ2n) is 6.13. The van der Waals surface area contributed by atoms with Gasteiger partial charge in [0.1, 0.15) is 11.6 Å². The summed E-state index contributed by atoms with van der Waals surface area (Å²) in [4.78, 5) is 3.98. The monoisotopic (exact) mass is 392 g/mol. The van der Waals surface area contributed by atoms with Crippen molar-refractivity contribution in [2.24, 2.45) is 0 Å². The van der Waals surface area contributed by atoms with E-state index in [9.17, 15) is 13.0 Å². The highest BCUT2D eigenvalue weighted by molar-refractivity contribution is 7.84. The Morgan fingerprint density at radius 1 is 1.17 bits per heavy atom. The van der Waals surface area contributed by atoms with Crippen molar-refractivity contribution in [1.82, 2.24) is 9.71 Å². The normalized spacial score (nSPS) is 14.5. The van der Waals surface area contributed by atoms with Gasteiger partial charge in [-0.3, -0.25) is 4.98 Å². The minimum Gasteiger partial charge on any atom is -0.255 e. The van der Waals surface area contributed by atoms with Crippen molar-refractivity contribution >= 4 is 34.2 Å².